The van der Waals surface area contributed by atoms with Crippen molar-refractivity contribution in [1.82, 2.24) is 0 Å². The maximum Gasteiger partial charge on any atom is 0.175 e. The molecule has 164 valence electrons. The molecule has 0 radical (unpaired) electrons. The van der Waals surface area contributed by atoms with E-state index in [1.54, 1.807) is 24.3 Å². The van der Waals surface area contributed by atoms with Crippen LogP contribution in [0.15, 0.2) is 24.3 Å². The minimum atomic E-state index is -1.40. The van der Waals surface area contributed by atoms with Gasteiger partial charge in [0.1, 0.15) is 5.75 Å². The second kappa shape index (κ2) is 13.0. The highest BCUT2D eigenvalue weighted by Crippen LogP contribution is 2.27. The zero-order valence-corrected chi connectivity index (χ0v) is 19.3. The van der Waals surface area contributed by atoms with Crippen LogP contribution in [0.1, 0.15) is 69.4 Å². The zero-order chi connectivity index (χ0) is 21.9. The summed E-state index contributed by atoms with van der Waals surface area (Å²) >= 11 is 1.24. The molecule has 0 amide bonds. The van der Waals surface area contributed by atoms with Gasteiger partial charge in [-0.05, 0) is 52.8 Å². The highest BCUT2D eigenvalue weighted by Gasteiger charge is 2.22. The largest absolute Gasteiger partial charge is 0.494 e. The average Bonchev–Trinajstić information content (AvgIpc) is 2.76. The maximum atomic E-state index is 13.9. The summed E-state index contributed by atoms with van der Waals surface area (Å²) in [6.07, 6.45) is 12.3. The molecule has 0 fully saturated rings. The van der Waals surface area contributed by atoms with E-state index in [-0.39, 0.29) is 0 Å². The van der Waals surface area contributed by atoms with E-state index in [9.17, 15) is 17.6 Å². The normalized spacial score (nSPS) is 11.4. The molecular weight excluding hydrogens is 507 g/mol. The fourth-order valence-corrected chi connectivity index (χ4v) is 3.52. The Balaban J connectivity index is 1.81. The Morgan fingerprint density at radius 3 is 1.83 bits per heavy atom. The SMILES string of the molecule is CCCCCCCCCCOc1ccc(/C=C/c2c(F)c(F)c(I)c(F)c2F)cc1. The highest BCUT2D eigenvalue weighted by molar-refractivity contribution is 14.1. The number of hydrogen-bond acceptors (Lipinski definition) is 1. The first kappa shape index (κ1) is 24.7. The third-order valence-corrected chi connectivity index (χ3v) is 5.78. The Bertz CT molecular complexity index is 805. The lowest BCUT2D eigenvalue weighted by Gasteiger charge is -2.07. The Morgan fingerprint density at radius 1 is 0.733 bits per heavy atom. The number of halogens is 5. The van der Waals surface area contributed by atoms with E-state index in [4.69, 9.17) is 4.74 Å². The van der Waals surface area contributed by atoms with Crippen LogP contribution in [0.5, 0.6) is 5.75 Å². The van der Waals surface area contributed by atoms with Crippen molar-refractivity contribution in [1.29, 1.82) is 0 Å². The van der Waals surface area contributed by atoms with E-state index in [2.05, 4.69) is 6.92 Å². The van der Waals surface area contributed by atoms with Crippen molar-refractivity contribution in [3.05, 3.63) is 62.2 Å². The number of unbranched alkanes of at least 4 members (excludes halogenated alkanes) is 7. The van der Waals surface area contributed by atoms with Crippen molar-refractivity contribution in [2.24, 2.45) is 0 Å². The van der Waals surface area contributed by atoms with Gasteiger partial charge in [-0.2, -0.15) is 0 Å². The molecule has 0 aliphatic heterocycles. The molecule has 0 atom stereocenters. The summed E-state index contributed by atoms with van der Waals surface area (Å²) in [6.45, 7) is 2.85. The fourth-order valence-electron chi connectivity index (χ4n) is 3.05. The Morgan fingerprint density at radius 2 is 1.27 bits per heavy atom. The summed E-state index contributed by atoms with van der Waals surface area (Å²) in [5.41, 5.74) is -0.104. The van der Waals surface area contributed by atoms with Crippen LogP contribution in [-0.2, 0) is 0 Å². The van der Waals surface area contributed by atoms with E-state index in [1.807, 2.05) is 0 Å². The van der Waals surface area contributed by atoms with E-state index < -0.39 is 32.4 Å². The van der Waals surface area contributed by atoms with Crippen LogP contribution in [-0.4, -0.2) is 6.61 Å². The summed E-state index contributed by atoms with van der Waals surface area (Å²) in [5.74, 6) is -4.88. The van der Waals surface area contributed by atoms with Crippen molar-refractivity contribution >= 4 is 34.7 Å². The fraction of sp³-hybridized carbons (Fsp3) is 0.417. The molecule has 0 saturated carbocycles. The van der Waals surface area contributed by atoms with Crippen LogP contribution in [0.4, 0.5) is 17.6 Å². The Labute approximate surface area is 189 Å². The molecule has 30 heavy (non-hydrogen) atoms. The van der Waals surface area contributed by atoms with E-state index in [0.29, 0.717) is 17.9 Å². The summed E-state index contributed by atoms with van der Waals surface area (Å²) in [6, 6.07) is 6.95. The second-order valence-corrected chi connectivity index (χ2v) is 8.29. The molecule has 0 bridgehead atoms. The first-order valence-corrected chi connectivity index (χ1v) is 11.5. The molecule has 0 spiro atoms. The molecule has 0 aliphatic carbocycles. The molecule has 0 heterocycles. The number of rotatable bonds is 12. The first-order valence-electron chi connectivity index (χ1n) is 10.4. The smallest absolute Gasteiger partial charge is 0.175 e. The predicted molar refractivity (Wildman–Crippen MR) is 122 cm³/mol. The van der Waals surface area contributed by atoms with Crippen molar-refractivity contribution in [2.75, 3.05) is 6.61 Å². The predicted octanol–water partition coefficient (Wildman–Crippen LogP) is 8.54. The van der Waals surface area contributed by atoms with Gasteiger partial charge in [-0.15, -0.1) is 0 Å². The standard InChI is InChI=1S/C24H27F4IO/c1-2-3-4-5-6-7-8-9-16-30-18-13-10-17(11-14-18)12-15-19-20(25)22(27)24(29)23(28)21(19)26/h10-15H,2-9,16H2,1H3/b15-12+. The molecule has 2 rings (SSSR count). The van der Waals surface area contributed by atoms with Crippen molar-refractivity contribution < 1.29 is 22.3 Å². The Kier molecular flexibility index (Phi) is 10.7. The van der Waals surface area contributed by atoms with E-state index in [1.165, 1.54) is 67.2 Å². The zero-order valence-electron chi connectivity index (χ0n) is 17.1. The van der Waals surface area contributed by atoms with Gasteiger partial charge in [0.25, 0.3) is 0 Å². The van der Waals surface area contributed by atoms with Gasteiger partial charge in [-0.1, -0.05) is 70.1 Å². The highest BCUT2D eigenvalue weighted by atomic mass is 127. The van der Waals surface area contributed by atoms with Crippen LogP contribution in [0.3, 0.4) is 0 Å². The molecule has 0 saturated heterocycles. The van der Waals surface area contributed by atoms with Crippen LogP contribution in [0.2, 0.25) is 0 Å². The van der Waals surface area contributed by atoms with Gasteiger partial charge in [-0.25, -0.2) is 17.6 Å². The first-order chi connectivity index (χ1) is 14.5. The maximum absolute atomic E-state index is 13.9. The molecule has 0 aliphatic rings. The summed E-state index contributed by atoms with van der Waals surface area (Å²) in [5, 5.41) is 0. The molecule has 1 nitrogen and oxygen atoms in total. The monoisotopic (exact) mass is 534 g/mol. The van der Waals surface area contributed by atoms with Crippen LogP contribution >= 0.6 is 22.6 Å². The molecule has 0 N–H and O–H groups in total. The van der Waals surface area contributed by atoms with Crippen molar-refractivity contribution in [3.63, 3.8) is 0 Å². The lowest BCUT2D eigenvalue weighted by atomic mass is 10.1. The molecule has 2 aromatic carbocycles. The summed E-state index contributed by atoms with van der Waals surface area (Å²) < 4.78 is 60.1. The average molecular weight is 534 g/mol. The molecule has 0 unspecified atom stereocenters. The molecule has 2 aromatic rings. The number of benzene rings is 2. The summed E-state index contributed by atoms with van der Waals surface area (Å²) in [4.78, 5) is 0. The number of hydrogen-bond donors (Lipinski definition) is 0. The van der Waals surface area contributed by atoms with Crippen LogP contribution in [0.25, 0.3) is 12.2 Å². The van der Waals surface area contributed by atoms with Gasteiger partial charge in [-0.3, -0.25) is 0 Å². The second-order valence-electron chi connectivity index (χ2n) is 7.21. The van der Waals surface area contributed by atoms with Gasteiger partial charge in [0.2, 0.25) is 0 Å². The minimum Gasteiger partial charge on any atom is -0.494 e. The number of ether oxygens (including phenoxy) is 1. The van der Waals surface area contributed by atoms with Crippen molar-refractivity contribution in [2.45, 2.75) is 58.3 Å². The third kappa shape index (κ3) is 7.29. The van der Waals surface area contributed by atoms with Crippen LogP contribution < -0.4 is 4.74 Å². The van der Waals surface area contributed by atoms with Gasteiger partial charge < -0.3 is 4.74 Å². The lowest BCUT2D eigenvalue weighted by molar-refractivity contribution is 0.304. The van der Waals surface area contributed by atoms with Gasteiger partial charge in [0.15, 0.2) is 23.3 Å². The lowest BCUT2D eigenvalue weighted by Crippen LogP contribution is -2.02. The third-order valence-electron chi connectivity index (χ3n) is 4.83. The minimum absolute atomic E-state index is 0.632. The molecule has 6 heteroatoms. The molecular formula is C24H27F4IO. The van der Waals surface area contributed by atoms with Gasteiger partial charge in [0.05, 0.1) is 15.7 Å². The quantitative estimate of drug-likeness (QED) is 0.0663. The summed E-state index contributed by atoms with van der Waals surface area (Å²) in [7, 11) is 0. The van der Waals surface area contributed by atoms with Crippen molar-refractivity contribution in [3.8, 4) is 5.75 Å². The van der Waals surface area contributed by atoms with E-state index >= 15 is 0 Å². The topological polar surface area (TPSA) is 9.23 Å². The van der Waals surface area contributed by atoms with Crippen LogP contribution in [0, 0.1) is 26.8 Å². The van der Waals surface area contributed by atoms with Gasteiger partial charge in [0, 0.05) is 0 Å². The van der Waals surface area contributed by atoms with Gasteiger partial charge >= 0.3 is 0 Å². The van der Waals surface area contributed by atoms with E-state index in [0.717, 1.165) is 18.9 Å². The molecule has 0 aromatic heterocycles. The Hall–Kier alpha value is -1.57.